The Bertz CT molecular complexity index is 670. The summed E-state index contributed by atoms with van der Waals surface area (Å²) in [5, 5.41) is 13.2. The number of rotatable bonds is 12. The van der Waals surface area contributed by atoms with Crippen molar-refractivity contribution in [1.82, 2.24) is 5.32 Å². The molecule has 0 aliphatic heterocycles. The third-order valence-electron chi connectivity index (χ3n) is 3.92. The number of hydrogen-bond acceptors (Lipinski definition) is 5. The number of nitrogens with one attached hydrogen (secondary N) is 1. The second kappa shape index (κ2) is 11.5. The molecule has 0 spiro atoms. The Morgan fingerprint density at radius 1 is 1.04 bits per heavy atom. The van der Waals surface area contributed by atoms with E-state index in [1.54, 1.807) is 36.4 Å². The van der Waals surface area contributed by atoms with Crippen molar-refractivity contribution in [3.63, 3.8) is 0 Å². The van der Waals surface area contributed by atoms with E-state index in [1.165, 1.54) is 0 Å². The van der Waals surface area contributed by atoms with Crippen molar-refractivity contribution in [3.05, 3.63) is 65.7 Å². The molecule has 0 aromatic heterocycles. The topological polar surface area (TPSA) is 67.8 Å². The van der Waals surface area contributed by atoms with Crippen LogP contribution in [-0.4, -0.2) is 49.4 Å². The van der Waals surface area contributed by atoms with Gasteiger partial charge >= 0.3 is 0 Å². The van der Waals surface area contributed by atoms with Crippen LogP contribution in [0.4, 0.5) is 0 Å². The fourth-order valence-electron chi connectivity index (χ4n) is 2.49. The van der Waals surface area contributed by atoms with Crippen molar-refractivity contribution in [2.75, 3.05) is 26.3 Å². The highest BCUT2D eigenvalue weighted by molar-refractivity contribution is 6.08. The van der Waals surface area contributed by atoms with Gasteiger partial charge in [0.1, 0.15) is 18.5 Å². The number of aliphatic hydroxyl groups excluding tert-OH is 1. The van der Waals surface area contributed by atoms with Gasteiger partial charge in [-0.1, -0.05) is 30.3 Å². The van der Waals surface area contributed by atoms with E-state index in [2.05, 4.69) is 5.32 Å². The number of ether oxygens (including phenoxy) is 2. The Morgan fingerprint density at radius 3 is 2.37 bits per heavy atom. The zero-order valence-corrected chi connectivity index (χ0v) is 16.1. The first-order valence-corrected chi connectivity index (χ1v) is 9.39. The SMILES string of the molecule is CC(C)OCCCNC[C@H](O)COc1ccc(C(=O)c2ccccc2)cc1. The second-order valence-electron chi connectivity index (χ2n) is 6.66. The number of benzene rings is 2. The van der Waals surface area contributed by atoms with Crippen molar-refractivity contribution >= 4 is 5.78 Å². The quantitative estimate of drug-likeness (QED) is 0.443. The minimum absolute atomic E-state index is 0.0205. The van der Waals surface area contributed by atoms with Gasteiger partial charge in [0.15, 0.2) is 5.78 Å². The molecule has 0 saturated heterocycles. The van der Waals surface area contributed by atoms with Crippen LogP contribution in [0.5, 0.6) is 5.75 Å². The van der Waals surface area contributed by atoms with E-state index < -0.39 is 6.10 Å². The zero-order valence-electron chi connectivity index (χ0n) is 16.1. The number of hydrogen-bond donors (Lipinski definition) is 2. The summed E-state index contributed by atoms with van der Waals surface area (Å²) in [5.74, 6) is 0.608. The van der Waals surface area contributed by atoms with Gasteiger partial charge in [-0.15, -0.1) is 0 Å². The van der Waals surface area contributed by atoms with Crippen LogP contribution < -0.4 is 10.1 Å². The Kier molecular flexibility index (Phi) is 8.98. The fourth-order valence-corrected chi connectivity index (χ4v) is 2.49. The first kappa shape index (κ1) is 21.1. The standard InChI is InChI=1S/C22H29NO4/c1-17(2)26-14-6-13-23-15-20(24)16-27-21-11-9-19(10-12-21)22(25)18-7-4-3-5-8-18/h3-5,7-12,17,20,23-24H,6,13-16H2,1-2H3/t20-/m0/s1. The maximum absolute atomic E-state index is 12.4. The van der Waals surface area contributed by atoms with Gasteiger partial charge in [-0.05, 0) is 51.1 Å². The van der Waals surface area contributed by atoms with Crippen LogP contribution in [0.25, 0.3) is 0 Å². The summed E-state index contributed by atoms with van der Waals surface area (Å²) >= 11 is 0. The lowest BCUT2D eigenvalue weighted by atomic mass is 10.0. The monoisotopic (exact) mass is 371 g/mol. The number of aliphatic hydroxyl groups is 1. The molecule has 146 valence electrons. The Balaban J connectivity index is 1.68. The zero-order chi connectivity index (χ0) is 19.5. The lowest BCUT2D eigenvalue weighted by Gasteiger charge is -2.14. The van der Waals surface area contributed by atoms with Crippen LogP contribution in [0.15, 0.2) is 54.6 Å². The summed E-state index contributed by atoms with van der Waals surface area (Å²) in [7, 11) is 0. The van der Waals surface area contributed by atoms with E-state index in [0.29, 0.717) is 30.0 Å². The highest BCUT2D eigenvalue weighted by atomic mass is 16.5. The third-order valence-corrected chi connectivity index (χ3v) is 3.92. The highest BCUT2D eigenvalue weighted by Crippen LogP contribution is 2.15. The third kappa shape index (κ3) is 7.91. The summed E-state index contributed by atoms with van der Waals surface area (Å²) < 4.78 is 11.0. The molecule has 5 heteroatoms. The minimum Gasteiger partial charge on any atom is -0.491 e. The van der Waals surface area contributed by atoms with Gasteiger partial charge in [0.25, 0.3) is 0 Å². The van der Waals surface area contributed by atoms with Crippen LogP contribution in [0.2, 0.25) is 0 Å². The van der Waals surface area contributed by atoms with Crippen molar-refractivity contribution in [3.8, 4) is 5.75 Å². The number of carbonyl (C=O) groups excluding carboxylic acids is 1. The molecular formula is C22H29NO4. The predicted molar refractivity (Wildman–Crippen MR) is 106 cm³/mol. The van der Waals surface area contributed by atoms with E-state index in [1.807, 2.05) is 32.0 Å². The maximum atomic E-state index is 12.4. The first-order chi connectivity index (χ1) is 13.1. The molecular weight excluding hydrogens is 342 g/mol. The molecule has 0 aliphatic rings. The highest BCUT2D eigenvalue weighted by Gasteiger charge is 2.09. The lowest BCUT2D eigenvalue weighted by Crippen LogP contribution is -2.32. The molecule has 2 rings (SSSR count). The molecule has 1 atom stereocenters. The van der Waals surface area contributed by atoms with Gasteiger partial charge in [0.05, 0.1) is 6.10 Å². The van der Waals surface area contributed by atoms with Gasteiger partial charge in [-0.3, -0.25) is 4.79 Å². The summed E-state index contributed by atoms with van der Waals surface area (Å²) in [6.45, 7) is 6.19. The molecule has 2 aromatic rings. The summed E-state index contributed by atoms with van der Waals surface area (Å²) in [6, 6.07) is 16.1. The van der Waals surface area contributed by atoms with Gasteiger partial charge in [-0.2, -0.15) is 0 Å². The van der Waals surface area contributed by atoms with Crippen LogP contribution in [0.1, 0.15) is 36.2 Å². The maximum Gasteiger partial charge on any atom is 0.193 e. The van der Waals surface area contributed by atoms with Gasteiger partial charge in [-0.25, -0.2) is 0 Å². The van der Waals surface area contributed by atoms with Crippen molar-refractivity contribution in [2.24, 2.45) is 0 Å². The summed E-state index contributed by atoms with van der Waals surface area (Å²) in [5.41, 5.74) is 1.27. The average molecular weight is 371 g/mol. The molecule has 0 amide bonds. The van der Waals surface area contributed by atoms with Crippen LogP contribution in [-0.2, 0) is 4.74 Å². The summed E-state index contributed by atoms with van der Waals surface area (Å²) in [6.07, 6.45) is 0.558. The molecule has 0 fully saturated rings. The van der Waals surface area contributed by atoms with Gasteiger partial charge < -0.3 is 19.9 Å². The van der Waals surface area contributed by atoms with E-state index in [4.69, 9.17) is 9.47 Å². The number of ketones is 1. The Labute approximate surface area is 161 Å². The molecule has 2 aromatic carbocycles. The molecule has 2 N–H and O–H groups in total. The Hall–Kier alpha value is -2.21. The van der Waals surface area contributed by atoms with E-state index in [-0.39, 0.29) is 18.5 Å². The molecule has 0 heterocycles. The molecule has 27 heavy (non-hydrogen) atoms. The smallest absolute Gasteiger partial charge is 0.193 e. The molecule has 0 bridgehead atoms. The average Bonchev–Trinajstić information content (AvgIpc) is 2.69. The molecule has 0 saturated carbocycles. The van der Waals surface area contributed by atoms with Crippen LogP contribution >= 0.6 is 0 Å². The van der Waals surface area contributed by atoms with E-state index >= 15 is 0 Å². The normalized spacial score (nSPS) is 12.1. The molecule has 0 radical (unpaired) electrons. The lowest BCUT2D eigenvalue weighted by molar-refractivity contribution is 0.0749. The molecule has 0 aliphatic carbocycles. The largest absolute Gasteiger partial charge is 0.491 e. The van der Waals surface area contributed by atoms with Crippen molar-refractivity contribution in [2.45, 2.75) is 32.5 Å². The van der Waals surface area contributed by atoms with Gasteiger partial charge in [0, 0.05) is 24.3 Å². The molecule has 5 nitrogen and oxygen atoms in total. The van der Waals surface area contributed by atoms with Crippen molar-refractivity contribution in [1.29, 1.82) is 0 Å². The predicted octanol–water partition coefficient (Wildman–Crippen LogP) is 3.06. The number of carbonyl (C=O) groups is 1. The van der Waals surface area contributed by atoms with Crippen LogP contribution in [0, 0.1) is 0 Å². The first-order valence-electron chi connectivity index (χ1n) is 9.39. The van der Waals surface area contributed by atoms with E-state index in [0.717, 1.165) is 13.0 Å². The second-order valence-corrected chi connectivity index (χ2v) is 6.66. The summed E-state index contributed by atoms with van der Waals surface area (Å²) in [4.78, 5) is 12.4. The van der Waals surface area contributed by atoms with Crippen LogP contribution in [0.3, 0.4) is 0 Å². The fraction of sp³-hybridized carbons (Fsp3) is 0.409. The Morgan fingerprint density at radius 2 is 1.70 bits per heavy atom. The molecule has 0 unspecified atom stereocenters. The minimum atomic E-state index is -0.596. The van der Waals surface area contributed by atoms with Crippen molar-refractivity contribution < 1.29 is 19.4 Å². The van der Waals surface area contributed by atoms with Gasteiger partial charge in [0.2, 0.25) is 0 Å². The van der Waals surface area contributed by atoms with E-state index in [9.17, 15) is 9.90 Å².